The topological polar surface area (TPSA) is 58.6 Å². The Kier molecular flexibility index (Phi) is 6.00. The maximum atomic E-state index is 12.4. The number of nitrogens with zero attached hydrogens (tertiary/aromatic N) is 1. The Morgan fingerprint density at radius 2 is 1.86 bits per heavy atom. The second-order valence-electron chi connectivity index (χ2n) is 6.44. The number of alkyl carbamates (subject to hydrolysis) is 1. The van der Waals surface area contributed by atoms with Gasteiger partial charge in [0.05, 0.1) is 6.04 Å². The van der Waals surface area contributed by atoms with Crippen molar-refractivity contribution in [3.63, 3.8) is 0 Å². The number of carbonyl (C=O) groups excluding carboxylic acids is 2. The van der Waals surface area contributed by atoms with Crippen LogP contribution in [0.1, 0.15) is 50.4 Å². The van der Waals surface area contributed by atoms with Crippen molar-refractivity contribution in [1.29, 1.82) is 0 Å². The minimum Gasteiger partial charge on any atom is -0.444 e. The molecule has 0 bridgehead atoms. The predicted octanol–water partition coefficient (Wildman–Crippen LogP) is 3.49. The Balaban J connectivity index is 2.64. The van der Waals surface area contributed by atoms with Crippen LogP contribution >= 0.6 is 11.3 Å². The number of nitrogens with one attached hydrogen (secondary N) is 1. The van der Waals surface area contributed by atoms with Crippen LogP contribution in [0.25, 0.3) is 0 Å². The minimum atomic E-state index is -0.636. The molecule has 0 saturated carbocycles. The number of ether oxygens (including phenoxy) is 1. The van der Waals surface area contributed by atoms with Crippen LogP contribution < -0.4 is 5.32 Å². The van der Waals surface area contributed by atoms with Gasteiger partial charge in [-0.25, -0.2) is 4.79 Å². The molecule has 5 nitrogen and oxygen atoms in total. The molecule has 0 aromatic carbocycles. The van der Waals surface area contributed by atoms with Gasteiger partial charge in [-0.15, -0.1) is 11.3 Å². The number of amides is 2. The molecule has 1 aromatic rings. The van der Waals surface area contributed by atoms with E-state index in [1.54, 1.807) is 51.0 Å². The predicted molar refractivity (Wildman–Crippen MR) is 89.1 cm³/mol. The number of thiophene rings is 1. The third-order valence-electron chi connectivity index (χ3n) is 3.21. The number of hydrogen-bond acceptors (Lipinski definition) is 4. The van der Waals surface area contributed by atoms with E-state index < -0.39 is 17.7 Å². The van der Waals surface area contributed by atoms with Crippen LogP contribution in [0.5, 0.6) is 0 Å². The normalized spacial score (nSPS) is 14.1. The van der Waals surface area contributed by atoms with Gasteiger partial charge in [0.1, 0.15) is 11.6 Å². The van der Waals surface area contributed by atoms with E-state index in [0.717, 1.165) is 4.88 Å². The summed E-state index contributed by atoms with van der Waals surface area (Å²) in [5.74, 6) is -0.149. The molecule has 1 rings (SSSR count). The summed E-state index contributed by atoms with van der Waals surface area (Å²) in [6, 6.07) is 3.40. The molecule has 1 aromatic heterocycles. The van der Waals surface area contributed by atoms with Gasteiger partial charge in [-0.1, -0.05) is 0 Å². The molecular formula is C16H26N2O3S. The molecule has 0 aliphatic rings. The summed E-state index contributed by atoms with van der Waals surface area (Å²) in [6.45, 7) is 11.0. The van der Waals surface area contributed by atoms with Gasteiger partial charge in [-0.3, -0.25) is 4.79 Å². The van der Waals surface area contributed by atoms with Crippen molar-refractivity contribution in [1.82, 2.24) is 10.2 Å². The third kappa shape index (κ3) is 5.33. The molecule has 0 aliphatic carbocycles. The Morgan fingerprint density at radius 3 is 2.32 bits per heavy atom. The summed E-state index contributed by atoms with van der Waals surface area (Å²) in [7, 11) is 1.75. The summed E-state index contributed by atoms with van der Waals surface area (Å²) >= 11 is 1.67. The average molecular weight is 326 g/mol. The van der Waals surface area contributed by atoms with Crippen molar-refractivity contribution < 1.29 is 14.3 Å². The monoisotopic (exact) mass is 326 g/mol. The first-order chi connectivity index (χ1) is 10.0. The fraction of sp³-hybridized carbons (Fsp3) is 0.625. The van der Waals surface area contributed by atoms with Gasteiger partial charge in [-0.2, -0.15) is 0 Å². The quantitative estimate of drug-likeness (QED) is 0.921. The van der Waals surface area contributed by atoms with E-state index in [1.165, 1.54) is 4.88 Å². The number of aryl methyl sites for hydroxylation is 1. The molecule has 124 valence electrons. The Bertz CT molecular complexity index is 534. The van der Waals surface area contributed by atoms with Crippen LogP contribution in [0.4, 0.5) is 4.79 Å². The molecule has 0 unspecified atom stereocenters. The van der Waals surface area contributed by atoms with Gasteiger partial charge in [0.2, 0.25) is 5.91 Å². The van der Waals surface area contributed by atoms with Crippen LogP contribution in [0.2, 0.25) is 0 Å². The summed E-state index contributed by atoms with van der Waals surface area (Å²) in [5.41, 5.74) is -0.583. The zero-order valence-electron chi connectivity index (χ0n) is 14.4. The molecule has 0 saturated heterocycles. The molecule has 2 amide bonds. The average Bonchev–Trinajstić information content (AvgIpc) is 2.80. The van der Waals surface area contributed by atoms with Crippen LogP contribution in [0, 0.1) is 6.92 Å². The summed E-state index contributed by atoms with van der Waals surface area (Å²) in [6.07, 6.45) is -0.582. The molecule has 0 aliphatic heterocycles. The number of likely N-dealkylation sites (N-methyl/N-ethyl adjacent to an activating group) is 1. The lowest BCUT2D eigenvalue weighted by Crippen LogP contribution is -2.47. The van der Waals surface area contributed by atoms with E-state index >= 15 is 0 Å². The lowest BCUT2D eigenvalue weighted by Gasteiger charge is -2.28. The standard InChI is InChI=1S/C16H26N2O3S/c1-10-8-9-13(22-10)12(3)18(7)14(19)11(2)17-15(20)21-16(4,5)6/h8-9,11-12H,1-7H3,(H,17,20)/t11-,12+/m0/s1. The van der Waals surface area contributed by atoms with Crippen molar-refractivity contribution in [3.8, 4) is 0 Å². The first-order valence-corrected chi connectivity index (χ1v) is 8.15. The number of hydrogen-bond donors (Lipinski definition) is 1. The molecule has 0 radical (unpaired) electrons. The summed E-state index contributed by atoms with van der Waals surface area (Å²) in [4.78, 5) is 28.1. The van der Waals surface area contributed by atoms with E-state index in [4.69, 9.17) is 4.74 Å². The number of rotatable bonds is 4. The van der Waals surface area contributed by atoms with Gasteiger partial charge in [0.25, 0.3) is 0 Å². The van der Waals surface area contributed by atoms with Gasteiger partial charge in [-0.05, 0) is 53.7 Å². The van der Waals surface area contributed by atoms with Crippen LogP contribution in [-0.2, 0) is 9.53 Å². The highest BCUT2D eigenvalue weighted by atomic mass is 32.1. The molecule has 0 spiro atoms. The highest BCUT2D eigenvalue weighted by Gasteiger charge is 2.26. The van der Waals surface area contributed by atoms with E-state index in [-0.39, 0.29) is 11.9 Å². The molecule has 1 heterocycles. The largest absolute Gasteiger partial charge is 0.444 e. The number of carbonyl (C=O) groups is 2. The Morgan fingerprint density at radius 1 is 1.27 bits per heavy atom. The maximum Gasteiger partial charge on any atom is 0.408 e. The Hall–Kier alpha value is -1.56. The van der Waals surface area contributed by atoms with Gasteiger partial charge >= 0.3 is 6.09 Å². The minimum absolute atomic E-state index is 0.0333. The van der Waals surface area contributed by atoms with E-state index in [9.17, 15) is 9.59 Å². The van der Waals surface area contributed by atoms with E-state index in [1.807, 2.05) is 26.0 Å². The van der Waals surface area contributed by atoms with E-state index in [2.05, 4.69) is 5.32 Å². The third-order valence-corrected chi connectivity index (χ3v) is 4.38. The van der Waals surface area contributed by atoms with Crippen molar-refractivity contribution in [2.45, 2.75) is 59.2 Å². The van der Waals surface area contributed by atoms with Crippen molar-refractivity contribution in [2.24, 2.45) is 0 Å². The molecule has 0 fully saturated rings. The zero-order valence-corrected chi connectivity index (χ0v) is 15.2. The SMILES string of the molecule is Cc1ccc([C@@H](C)N(C)C(=O)[C@H](C)NC(=O)OC(C)(C)C)s1. The van der Waals surface area contributed by atoms with Gasteiger partial charge in [0, 0.05) is 16.8 Å². The maximum absolute atomic E-state index is 12.4. The van der Waals surface area contributed by atoms with Crippen LogP contribution in [0.15, 0.2) is 12.1 Å². The summed E-state index contributed by atoms with van der Waals surface area (Å²) < 4.78 is 5.17. The van der Waals surface area contributed by atoms with Gasteiger partial charge in [0.15, 0.2) is 0 Å². The smallest absolute Gasteiger partial charge is 0.408 e. The lowest BCUT2D eigenvalue weighted by atomic mass is 10.2. The van der Waals surface area contributed by atoms with Crippen LogP contribution in [0.3, 0.4) is 0 Å². The molecule has 2 atom stereocenters. The summed E-state index contributed by atoms with van der Waals surface area (Å²) in [5, 5.41) is 2.58. The first kappa shape index (κ1) is 18.5. The first-order valence-electron chi connectivity index (χ1n) is 7.34. The van der Waals surface area contributed by atoms with E-state index in [0.29, 0.717) is 0 Å². The molecular weight excluding hydrogens is 300 g/mol. The van der Waals surface area contributed by atoms with Gasteiger partial charge < -0.3 is 15.0 Å². The fourth-order valence-corrected chi connectivity index (χ4v) is 2.88. The lowest BCUT2D eigenvalue weighted by molar-refractivity contribution is -0.133. The highest BCUT2D eigenvalue weighted by molar-refractivity contribution is 7.12. The Labute approximate surface area is 136 Å². The second-order valence-corrected chi connectivity index (χ2v) is 7.76. The molecule has 22 heavy (non-hydrogen) atoms. The molecule has 6 heteroatoms. The van der Waals surface area contributed by atoms with Crippen molar-refractivity contribution in [3.05, 3.63) is 21.9 Å². The molecule has 1 N–H and O–H groups in total. The van der Waals surface area contributed by atoms with Crippen molar-refractivity contribution in [2.75, 3.05) is 7.05 Å². The van der Waals surface area contributed by atoms with Crippen molar-refractivity contribution >= 4 is 23.3 Å². The highest BCUT2D eigenvalue weighted by Crippen LogP contribution is 2.26. The zero-order chi connectivity index (χ0) is 17.1. The van der Waals surface area contributed by atoms with Crippen LogP contribution in [-0.4, -0.2) is 35.6 Å². The second kappa shape index (κ2) is 7.13. The fourth-order valence-electron chi connectivity index (χ4n) is 1.91.